The second kappa shape index (κ2) is 5.67. The van der Waals surface area contributed by atoms with E-state index in [1.807, 2.05) is 6.07 Å². The van der Waals surface area contributed by atoms with Gasteiger partial charge in [-0.3, -0.25) is 4.79 Å². The van der Waals surface area contributed by atoms with Crippen LogP contribution >= 0.6 is 11.8 Å². The van der Waals surface area contributed by atoms with E-state index in [1.165, 1.54) is 17.8 Å². The molecule has 1 aromatic heterocycles. The van der Waals surface area contributed by atoms with Crippen molar-refractivity contribution in [3.05, 3.63) is 34.1 Å². The van der Waals surface area contributed by atoms with E-state index in [2.05, 4.69) is 15.3 Å². The highest BCUT2D eigenvalue weighted by molar-refractivity contribution is 7.98. The van der Waals surface area contributed by atoms with Crippen molar-refractivity contribution >= 4 is 17.4 Å². The molecular weight excluding hydrogens is 276 g/mol. The topological polar surface area (TPSA) is 102 Å². The van der Waals surface area contributed by atoms with Crippen LogP contribution < -0.4 is 10.9 Å². The Bertz CT molecular complexity index is 749. The van der Waals surface area contributed by atoms with Crippen molar-refractivity contribution in [1.29, 1.82) is 5.26 Å². The molecule has 0 aliphatic carbocycles. The SMILES string of the molecule is CNc1cccc(O)c1-c1nc(SC)[nH]c(=O)c1C#N. The molecule has 102 valence electrons. The maximum absolute atomic E-state index is 11.9. The van der Waals surface area contributed by atoms with Gasteiger partial charge in [0.2, 0.25) is 0 Å². The average Bonchev–Trinajstić information content (AvgIpc) is 2.46. The fraction of sp³-hybridized carbons (Fsp3) is 0.154. The predicted molar refractivity (Wildman–Crippen MR) is 78.0 cm³/mol. The van der Waals surface area contributed by atoms with Crippen LogP contribution in [-0.4, -0.2) is 28.4 Å². The molecular formula is C13H12N4O2S. The van der Waals surface area contributed by atoms with E-state index in [0.717, 1.165) is 0 Å². The van der Waals surface area contributed by atoms with E-state index in [1.54, 1.807) is 25.4 Å². The van der Waals surface area contributed by atoms with Gasteiger partial charge in [-0.25, -0.2) is 4.98 Å². The molecule has 0 unspecified atom stereocenters. The van der Waals surface area contributed by atoms with Gasteiger partial charge in [0.05, 0.1) is 5.56 Å². The quantitative estimate of drug-likeness (QED) is 0.588. The van der Waals surface area contributed by atoms with Gasteiger partial charge in [-0.05, 0) is 18.4 Å². The van der Waals surface area contributed by atoms with Crippen LogP contribution in [0.3, 0.4) is 0 Å². The lowest BCUT2D eigenvalue weighted by molar-refractivity contribution is 0.477. The number of phenolic OH excluding ortho intramolecular Hbond substituents is 1. The fourth-order valence-electron chi connectivity index (χ4n) is 1.83. The standard InChI is InChI=1S/C13H12N4O2S/c1-15-8-4-3-5-9(18)10(8)11-7(6-14)12(19)17-13(16-11)20-2/h3-5,15,18H,1-2H3,(H,16,17,19). The fourth-order valence-corrected chi connectivity index (χ4v) is 2.21. The Morgan fingerprint density at radius 1 is 1.50 bits per heavy atom. The van der Waals surface area contributed by atoms with Crippen molar-refractivity contribution in [3.8, 4) is 23.1 Å². The molecule has 0 atom stereocenters. The second-order valence-electron chi connectivity index (χ2n) is 3.86. The number of hydrogen-bond donors (Lipinski definition) is 3. The van der Waals surface area contributed by atoms with Gasteiger partial charge >= 0.3 is 0 Å². The molecule has 2 rings (SSSR count). The molecule has 1 heterocycles. The van der Waals surface area contributed by atoms with Crippen LogP contribution in [0.2, 0.25) is 0 Å². The van der Waals surface area contributed by atoms with Crippen LogP contribution in [0.15, 0.2) is 28.2 Å². The van der Waals surface area contributed by atoms with Gasteiger partial charge in [0, 0.05) is 12.7 Å². The van der Waals surface area contributed by atoms with Crippen molar-refractivity contribution in [2.24, 2.45) is 0 Å². The molecule has 7 heteroatoms. The number of rotatable bonds is 3. The predicted octanol–water partition coefficient (Wildman–Crippen LogP) is 1.78. The summed E-state index contributed by atoms with van der Waals surface area (Å²) in [5.74, 6) is -0.0431. The number of aromatic nitrogens is 2. The maximum atomic E-state index is 11.9. The summed E-state index contributed by atoms with van der Waals surface area (Å²) >= 11 is 1.25. The van der Waals surface area contributed by atoms with Gasteiger partial charge in [-0.1, -0.05) is 17.8 Å². The minimum atomic E-state index is -0.521. The Kier molecular flexibility index (Phi) is 3.96. The van der Waals surface area contributed by atoms with E-state index in [4.69, 9.17) is 5.26 Å². The van der Waals surface area contributed by atoms with Gasteiger partial charge < -0.3 is 15.4 Å². The molecule has 0 aliphatic rings. The summed E-state index contributed by atoms with van der Waals surface area (Å²) in [7, 11) is 1.69. The van der Waals surface area contributed by atoms with E-state index < -0.39 is 5.56 Å². The first-order valence-corrected chi connectivity index (χ1v) is 6.93. The van der Waals surface area contributed by atoms with E-state index in [0.29, 0.717) is 16.4 Å². The summed E-state index contributed by atoms with van der Waals surface area (Å²) in [6, 6.07) is 6.72. The molecule has 0 amide bonds. The normalized spacial score (nSPS) is 10.1. The lowest BCUT2D eigenvalue weighted by Gasteiger charge is -2.12. The monoisotopic (exact) mass is 288 g/mol. The smallest absolute Gasteiger partial charge is 0.270 e. The number of nitriles is 1. The van der Waals surface area contributed by atoms with E-state index >= 15 is 0 Å². The molecule has 0 bridgehead atoms. The number of thioether (sulfide) groups is 1. The lowest BCUT2D eigenvalue weighted by Crippen LogP contribution is -2.15. The third kappa shape index (κ3) is 2.33. The number of H-pyrrole nitrogens is 1. The summed E-state index contributed by atoms with van der Waals surface area (Å²) in [4.78, 5) is 18.7. The Balaban J connectivity index is 2.86. The van der Waals surface area contributed by atoms with Crippen molar-refractivity contribution in [2.45, 2.75) is 5.16 Å². The van der Waals surface area contributed by atoms with Gasteiger partial charge in [0.15, 0.2) is 5.16 Å². The number of hydrogen-bond acceptors (Lipinski definition) is 6. The van der Waals surface area contributed by atoms with Gasteiger partial charge in [-0.2, -0.15) is 5.26 Å². The zero-order valence-corrected chi connectivity index (χ0v) is 11.7. The lowest BCUT2D eigenvalue weighted by atomic mass is 10.0. The molecule has 6 nitrogen and oxygen atoms in total. The highest BCUT2D eigenvalue weighted by atomic mass is 32.2. The molecule has 0 saturated carbocycles. The molecule has 0 fully saturated rings. The molecule has 0 spiro atoms. The second-order valence-corrected chi connectivity index (χ2v) is 4.66. The molecule has 20 heavy (non-hydrogen) atoms. The zero-order valence-electron chi connectivity index (χ0n) is 10.9. The van der Waals surface area contributed by atoms with Gasteiger partial charge in [0.25, 0.3) is 5.56 Å². The zero-order chi connectivity index (χ0) is 14.7. The molecule has 0 aliphatic heterocycles. The first kappa shape index (κ1) is 14.0. The first-order chi connectivity index (χ1) is 9.62. The first-order valence-electron chi connectivity index (χ1n) is 5.70. The van der Waals surface area contributed by atoms with Crippen molar-refractivity contribution in [2.75, 3.05) is 18.6 Å². The maximum Gasteiger partial charge on any atom is 0.270 e. The van der Waals surface area contributed by atoms with Gasteiger partial charge in [-0.15, -0.1) is 0 Å². The molecule has 0 saturated heterocycles. The van der Waals surface area contributed by atoms with Crippen LogP contribution in [0.25, 0.3) is 11.3 Å². The summed E-state index contributed by atoms with van der Waals surface area (Å²) in [6.07, 6.45) is 1.76. The van der Waals surface area contributed by atoms with Crippen molar-refractivity contribution < 1.29 is 5.11 Å². The molecule has 2 aromatic rings. The number of aromatic hydroxyl groups is 1. The van der Waals surface area contributed by atoms with E-state index in [9.17, 15) is 9.90 Å². The molecule has 0 radical (unpaired) electrons. The minimum absolute atomic E-state index is 0.0431. The van der Waals surface area contributed by atoms with Crippen molar-refractivity contribution in [3.63, 3.8) is 0 Å². The summed E-state index contributed by atoms with van der Waals surface area (Å²) in [5, 5.41) is 22.5. The van der Waals surface area contributed by atoms with Crippen LogP contribution in [0, 0.1) is 11.3 Å². The van der Waals surface area contributed by atoms with Crippen LogP contribution in [0.1, 0.15) is 5.56 Å². The Morgan fingerprint density at radius 3 is 2.85 bits per heavy atom. The Morgan fingerprint density at radius 2 is 2.25 bits per heavy atom. The van der Waals surface area contributed by atoms with Crippen LogP contribution in [-0.2, 0) is 0 Å². The number of aromatic amines is 1. The number of benzene rings is 1. The van der Waals surface area contributed by atoms with Crippen LogP contribution in [0.5, 0.6) is 5.75 Å². The molecule has 3 N–H and O–H groups in total. The summed E-state index contributed by atoms with van der Waals surface area (Å²) < 4.78 is 0. The highest BCUT2D eigenvalue weighted by Gasteiger charge is 2.18. The summed E-state index contributed by atoms with van der Waals surface area (Å²) in [6.45, 7) is 0. The third-order valence-corrected chi connectivity index (χ3v) is 3.33. The highest BCUT2D eigenvalue weighted by Crippen LogP contribution is 2.36. The largest absolute Gasteiger partial charge is 0.507 e. The minimum Gasteiger partial charge on any atom is -0.507 e. The third-order valence-electron chi connectivity index (χ3n) is 2.75. The van der Waals surface area contributed by atoms with E-state index in [-0.39, 0.29) is 17.0 Å². The Hall–Kier alpha value is -2.46. The number of nitrogens with zero attached hydrogens (tertiary/aromatic N) is 2. The average molecular weight is 288 g/mol. The van der Waals surface area contributed by atoms with Gasteiger partial charge in [0.1, 0.15) is 23.1 Å². The Labute approximate surface area is 119 Å². The van der Waals surface area contributed by atoms with Crippen LogP contribution in [0.4, 0.5) is 5.69 Å². The number of phenols is 1. The number of nitrogens with one attached hydrogen (secondary N) is 2. The number of anilines is 1. The molecule has 1 aromatic carbocycles. The van der Waals surface area contributed by atoms with Crippen molar-refractivity contribution in [1.82, 2.24) is 9.97 Å². The summed E-state index contributed by atoms with van der Waals surface area (Å²) in [5.41, 5.74) is 0.454.